The molecule has 1 aromatic carbocycles. The summed E-state index contributed by atoms with van der Waals surface area (Å²) in [6.45, 7) is 0. The second-order valence-electron chi connectivity index (χ2n) is 5.02. The molecule has 0 heterocycles. The molecule has 21 heavy (non-hydrogen) atoms. The summed E-state index contributed by atoms with van der Waals surface area (Å²) in [7, 11) is 3.31. The number of carbonyl (C=O) groups is 1. The molecule has 2 N–H and O–H groups in total. The third-order valence-electron chi connectivity index (χ3n) is 3.80. The second-order valence-corrected chi connectivity index (χ2v) is 5.02. The van der Waals surface area contributed by atoms with Gasteiger partial charge in [-0.15, -0.1) is 0 Å². The molecular formula is C14H19N3O4. The third kappa shape index (κ3) is 3.30. The predicted molar refractivity (Wildman–Crippen MR) is 78.5 cm³/mol. The topological polar surface area (TPSA) is 93.5 Å². The Morgan fingerprint density at radius 3 is 2.81 bits per heavy atom. The molecule has 0 saturated heterocycles. The quantitative estimate of drug-likeness (QED) is 0.639. The van der Waals surface area contributed by atoms with Gasteiger partial charge in [0.25, 0.3) is 11.6 Å². The van der Waals surface area contributed by atoms with Crippen LogP contribution in [0.2, 0.25) is 0 Å². The van der Waals surface area contributed by atoms with Crippen LogP contribution in [0.5, 0.6) is 0 Å². The normalized spacial score (nSPS) is 21.0. The maximum atomic E-state index is 12.4. The number of hydrogen-bond donors (Lipinski definition) is 2. The number of hydrogen-bond acceptors (Lipinski definition) is 5. The lowest BCUT2D eigenvalue weighted by atomic mass is 10.1. The lowest BCUT2D eigenvalue weighted by molar-refractivity contribution is -0.385. The van der Waals surface area contributed by atoms with E-state index in [2.05, 4.69) is 10.6 Å². The average molecular weight is 293 g/mol. The molecule has 1 aliphatic carbocycles. The van der Waals surface area contributed by atoms with Gasteiger partial charge in [0, 0.05) is 25.9 Å². The van der Waals surface area contributed by atoms with Crippen molar-refractivity contribution >= 4 is 17.3 Å². The second kappa shape index (κ2) is 6.53. The van der Waals surface area contributed by atoms with Crippen molar-refractivity contribution in [1.82, 2.24) is 5.32 Å². The van der Waals surface area contributed by atoms with Gasteiger partial charge in [-0.1, -0.05) is 0 Å². The maximum Gasteiger partial charge on any atom is 0.282 e. The van der Waals surface area contributed by atoms with Crippen LogP contribution < -0.4 is 10.6 Å². The van der Waals surface area contributed by atoms with Gasteiger partial charge in [-0.05, 0) is 31.4 Å². The van der Waals surface area contributed by atoms with Crippen molar-refractivity contribution in [3.63, 3.8) is 0 Å². The molecule has 1 amide bonds. The van der Waals surface area contributed by atoms with Crippen LogP contribution in [0, 0.1) is 10.1 Å². The van der Waals surface area contributed by atoms with E-state index in [1.165, 1.54) is 12.1 Å². The molecule has 1 saturated carbocycles. The molecule has 1 aromatic rings. The van der Waals surface area contributed by atoms with Gasteiger partial charge in [0.2, 0.25) is 0 Å². The maximum absolute atomic E-state index is 12.4. The zero-order valence-corrected chi connectivity index (χ0v) is 12.1. The van der Waals surface area contributed by atoms with Gasteiger partial charge in [0.15, 0.2) is 0 Å². The van der Waals surface area contributed by atoms with Gasteiger partial charge in [-0.25, -0.2) is 0 Å². The van der Waals surface area contributed by atoms with Crippen molar-refractivity contribution in [1.29, 1.82) is 0 Å². The molecule has 114 valence electrons. The summed E-state index contributed by atoms with van der Waals surface area (Å²) in [5.74, 6) is -0.437. The zero-order chi connectivity index (χ0) is 15.4. The lowest BCUT2D eigenvalue weighted by Crippen LogP contribution is -2.40. The molecule has 2 rings (SSSR count). The number of nitrogens with one attached hydrogen (secondary N) is 2. The van der Waals surface area contributed by atoms with E-state index in [1.807, 2.05) is 0 Å². The fraction of sp³-hybridized carbons (Fsp3) is 0.500. The van der Waals surface area contributed by atoms with E-state index in [4.69, 9.17) is 4.74 Å². The number of nitrogens with zero attached hydrogens (tertiary/aromatic N) is 1. The predicted octanol–water partition coefficient (Wildman–Crippen LogP) is 1.93. The van der Waals surface area contributed by atoms with E-state index in [1.54, 1.807) is 20.2 Å². The van der Waals surface area contributed by atoms with Crippen LogP contribution in [0.25, 0.3) is 0 Å². The van der Waals surface area contributed by atoms with Crippen LogP contribution in [-0.4, -0.2) is 37.1 Å². The van der Waals surface area contributed by atoms with E-state index in [-0.39, 0.29) is 23.4 Å². The van der Waals surface area contributed by atoms with Crippen molar-refractivity contribution in [2.75, 3.05) is 19.5 Å². The highest BCUT2D eigenvalue weighted by Crippen LogP contribution is 2.25. The Morgan fingerprint density at radius 1 is 1.43 bits per heavy atom. The largest absolute Gasteiger partial charge is 0.388 e. The van der Waals surface area contributed by atoms with Crippen LogP contribution in [0.15, 0.2) is 18.2 Å². The Labute approximate surface area is 122 Å². The van der Waals surface area contributed by atoms with E-state index in [0.29, 0.717) is 5.69 Å². The highest BCUT2D eigenvalue weighted by molar-refractivity contribution is 5.99. The van der Waals surface area contributed by atoms with Gasteiger partial charge in [-0.3, -0.25) is 14.9 Å². The number of nitro groups is 1. The summed E-state index contributed by atoms with van der Waals surface area (Å²) in [6, 6.07) is 4.30. The first-order valence-corrected chi connectivity index (χ1v) is 6.86. The molecule has 7 heteroatoms. The standard InChI is InChI=1S/C14H19N3O4/c1-15-9-6-7-12(17(19)20)10(8-9)14(18)16-11-4-3-5-13(11)21-2/h6-8,11,13,15H,3-5H2,1-2H3,(H,16,18). The Balaban J connectivity index is 2.23. The van der Waals surface area contributed by atoms with Gasteiger partial charge in [-0.2, -0.15) is 0 Å². The van der Waals surface area contributed by atoms with Crippen molar-refractivity contribution in [3.05, 3.63) is 33.9 Å². The van der Waals surface area contributed by atoms with E-state index in [0.717, 1.165) is 19.3 Å². The Bertz CT molecular complexity index is 547. The smallest absolute Gasteiger partial charge is 0.282 e. The zero-order valence-electron chi connectivity index (χ0n) is 12.1. The number of benzene rings is 1. The van der Waals surface area contributed by atoms with E-state index >= 15 is 0 Å². The molecule has 2 atom stereocenters. The summed E-state index contributed by atoms with van der Waals surface area (Å²) in [5, 5.41) is 16.8. The highest BCUT2D eigenvalue weighted by atomic mass is 16.6. The van der Waals surface area contributed by atoms with Crippen LogP contribution in [-0.2, 0) is 4.74 Å². The highest BCUT2D eigenvalue weighted by Gasteiger charge is 2.30. The number of anilines is 1. The van der Waals surface area contributed by atoms with Crippen molar-refractivity contribution in [2.24, 2.45) is 0 Å². The molecule has 2 unspecified atom stereocenters. The van der Waals surface area contributed by atoms with Crippen LogP contribution >= 0.6 is 0 Å². The number of methoxy groups -OCH3 is 1. The number of carbonyl (C=O) groups excluding carboxylic acids is 1. The van der Waals surface area contributed by atoms with Crippen LogP contribution in [0.1, 0.15) is 29.6 Å². The summed E-state index contributed by atoms with van der Waals surface area (Å²) in [5.41, 5.74) is 0.521. The summed E-state index contributed by atoms with van der Waals surface area (Å²) >= 11 is 0. The van der Waals surface area contributed by atoms with Crippen molar-refractivity contribution < 1.29 is 14.5 Å². The van der Waals surface area contributed by atoms with Crippen molar-refractivity contribution in [3.8, 4) is 0 Å². The number of nitro benzene ring substituents is 1. The first-order chi connectivity index (χ1) is 10.1. The lowest BCUT2D eigenvalue weighted by Gasteiger charge is -2.19. The molecular weight excluding hydrogens is 274 g/mol. The minimum atomic E-state index is -0.545. The minimum absolute atomic E-state index is 0.0273. The monoisotopic (exact) mass is 293 g/mol. The average Bonchev–Trinajstić information content (AvgIpc) is 2.93. The van der Waals surface area contributed by atoms with Crippen molar-refractivity contribution in [2.45, 2.75) is 31.4 Å². The van der Waals surface area contributed by atoms with Gasteiger partial charge >= 0.3 is 0 Å². The van der Waals surface area contributed by atoms with Gasteiger partial charge in [0.1, 0.15) is 5.56 Å². The first kappa shape index (κ1) is 15.2. The molecule has 0 radical (unpaired) electrons. The van der Waals surface area contributed by atoms with Gasteiger partial charge in [0.05, 0.1) is 17.1 Å². The molecule has 7 nitrogen and oxygen atoms in total. The van der Waals surface area contributed by atoms with Crippen LogP contribution in [0.3, 0.4) is 0 Å². The number of rotatable bonds is 5. The molecule has 0 aliphatic heterocycles. The third-order valence-corrected chi connectivity index (χ3v) is 3.80. The Morgan fingerprint density at radius 2 is 2.19 bits per heavy atom. The molecule has 1 aliphatic rings. The Hall–Kier alpha value is -2.15. The fourth-order valence-electron chi connectivity index (χ4n) is 2.65. The minimum Gasteiger partial charge on any atom is -0.388 e. The summed E-state index contributed by atoms with van der Waals surface area (Å²) in [6.07, 6.45) is 2.66. The van der Waals surface area contributed by atoms with Gasteiger partial charge < -0.3 is 15.4 Å². The molecule has 0 bridgehead atoms. The van der Waals surface area contributed by atoms with E-state index in [9.17, 15) is 14.9 Å². The van der Waals surface area contributed by atoms with E-state index < -0.39 is 10.8 Å². The fourth-order valence-corrected chi connectivity index (χ4v) is 2.65. The summed E-state index contributed by atoms with van der Waals surface area (Å²) < 4.78 is 5.32. The SMILES string of the molecule is CNc1ccc([N+](=O)[O-])c(C(=O)NC2CCCC2OC)c1. The number of ether oxygens (including phenoxy) is 1. The molecule has 0 aromatic heterocycles. The Kier molecular flexibility index (Phi) is 4.74. The summed E-state index contributed by atoms with van der Waals surface area (Å²) in [4.78, 5) is 22.9. The van der Waals surface area contributed by atoms with Crippen LogP contribution in [0.4, 0.5) is 11.4 Å². The first-order valence-electron chi connectivity index (χ1n) is 6.86. The molecule has 0 spiro atoms. The number of amides is 1. The molecule has 1 fully saturated rings.